The van der Waals surface area contributed by atoms with E-state index in [9.17, 15) is 19.1 Å². The van der Waals surface area contributed by atoms with Gasteiger partial charge < -0.3 is 20.7 Å². The van der Waals surface area contributed by atoms with Crippen molar-refractivity contribution in [3.63, 3.8) is 0 Å². The maximum atomic E-state index is 13.8. The molecule has 0 fully saturated rings. The summed E-state index contributed by atoms with van der Waals surface area (Å²) >= 11 is 1.52. The lowest BCUT2D eigenvalue weighted by Gasteiger charge is -2.17. The van der Waals surface area contributed by atoms with Gasteiger partial charge in [0.15, 0.2) is 0 Å². The second-order valence-electron chi connectivity index (χ2n) is 9.48. The number of amides is 1. The van der Waals surface area contributed by atoms with Gasteiger partial charge in [-0.25, -0.2) is 19.2 Å². The Kier molecular flexibility index (Phi) is 7.88. The van der Waals surface area contributed by atoms with Gasteiger partial charge in [0.2, 0.25) is 5.95 Å². The number of aliphatic carboxylic acids is 1. The van der Waals surface area contributed by atoms with Gasteiger partial charge in [-0.15, -0.1) is 11.3 Å². The van der Waals surface area contributed by atoms with E-state index < -0.39 is 23.7 Å². The fourth-order valence-corrected chi connectivity index (χ4v) is 5.42. The molecule has 10 heteroatoms. The van der Waals surface area contributed by atoms with Crippen molar-refractivity contribution in [2.75, 3.05) is 5.32 Å². The zero-order chi connectivity index (χ0) is 28.2. The van der Waals surface area contributed by atoms with Gasteiger partial charge in [0.25, 0.3) is 5.91 Å². The monoisotopic (exact) mass is 557 g/mol. The molecule has 5 rings (SSSR count). The number of carbonyl (C=O) groups excluding carboxylic acids is 1. The molecule has 204 valence electrons. The highest BCUT2D eigenvalue weighted by atomic mass is 32.1. The first-order chi connectivity index (χ1) is 19.3. The Balaban J connectivity index is 1.22. The minimum absolute atomic E-state index is 0.105. The first-order valence-electron chi connectivity index (χ1n) is 12.9. The fourth-order valence-electron chi connectivity index (χ4n) is 4.60. The first-order valence-corrected chi connectivity index (χ1v) is 13.7. The summed E-state index contributed by atoms with van der Waals surface area (Å²) in [6, 6.07) is 16.7. The van der Waals surface area contributed by atoms with E-state index in [4.69, 9.17) is 4.98 Å². The predicted molar refractivity (Wildman–Crippen MR) is 154 cm³/mol. The van der Waals surface area contributed by atoms with Crippen LogP contribution in [-0.4, -0.2) is 38.0 Å². The second-order valence-corrected chi connectivity index (χ2v) is 10.3. The van der Waals surface area contributed by atoms with Crippen LogP contribution in [0.3, 0.4) is 0 Å². The number of thiazole rings is 1. The Morgan fingerprint density at radius 3 is 2.60 bits per heavy atom. The van der Waals surface area contributed by atoms with Gasteiger partial charge in [0.1, 0.15) is 16.9 Å². The molecule has 4 N–H and O–H groups in total. The molecular formula is C30H28FN5O3S. The maximum absolute atomic E-state index is 13.8. The number of H-pyrrole nitrogens is 1. The van der Waals surface area contributed by atoms with Gasteiger partial charge in [-0.2, -0.15) is 0 Å². The van der Waals surface area contributed by atoms with Crippen molar-refractivity contribution in [2.45, 2.75) is 39.3 Å². The third-order valence-electron chi connectivity index (χ3n) is 6.61. The molecule has 0 aliphatic heterocycles. The minimum Gasteiger partial charge on any atom is -0.480 e. The number of hydrogen-bond donors (Lipinski definition) is 4. The van der Waals surface area contributed by atoms with E-state index in [1.54, 1.807) is 6.92 Å². The van der Waals surface area contributed by atoms with Gasteiger partial charge >= 0.3 is 5.97 Å². The summed E-state index contributed by atoms with van der Waals surface area (Å²) in [5.41, 5.74) is 5.73. The third kappa shape index (κ3) is 6.02. The average molecular weight is 558 g/mol. The molecular weight excluding hydrogens is 529 g/mol. The number of anilines is 1. The highest BCUT2D eigenvalue weighted by molar-refractivity contribution is 7.13. The Bertz CT molecular complexity index is 1650. The lowest BCUT2D eigenvalue weighted by molar-refractivity contribution is -0.139. The number of nitrogens with zero attached hydrogens (tertiary/aromatic N) is 2. The van der Waals surface area contributed by atoms with Crippen molar-refractivity contribution in [1.29, 1.82) is 0 Å². The topological polar surface area (TPSA) is 120 Å². The van der Waals surface area contributed by atoms with Crippen LogP contribution in [0.15, 0.2) is 66.0 Å². The van der Waals surface area contributed by atoms with E-state index in [2.05, 4.69) is 20.6 Å². The predicted octanol–water partition coefficient (Wildman–Crippen LogP) is 5.73. The average Bonchev–Trinajstić information content (AvgIpc) is 3.58. The van der Waals surface area contributed by atoms with Crippen LogP contribution in [-0.2, 0) is 24.2 Å². The summed E-state index contributed by atoms with van der Waals surface area (Å²) in [6.07, 6.45) is 0.558. The lowest BCUT2D eigenvalue weighted by Crippen LogP contribution is -2.42. The summed E-state index contributed by atoms with van der Waals surface area (Å²) in [6.45, 7) is 3.98. The highest BCUT2D eigenvalue weighted by Crippen LogP contribution is 2.25. The number of halogens is 1. The zero-order valence-corrected chi connectivity index (χ0v) is 22.8. The number of para-hydroxylation sites is 2. The SMILES string of the molecule is CCc1cc(F)cc(C)c1C(=O)NC(Cc1ccc(-c2nc(CNc3nc4ccccc4[nH]3)cs2)cc1)C(=O)O. The van der Waals surface area contributed by atoms with E-state index in [1.807, 2.05) is 60.8 Å². The molecule has 40 heavy (non-hydrogen) atoms. The summed E-state index contributed by atoms with van der Waals surface area (Å²) in [4.78, 5) is 37.4. The van der Waals surface area contributed by atoms with Crippen LogP contribution in [0.25, 0.3) is 21.6 Å². The number of aromatic amines is 1. The number of rotatable bonds is 10. The number of imidazole rings is 1. The maximum Gasteiger partial charge on any atom is 0.326 e. The van der Waals surface area contributed by atoms with E-state index in [0.717, 1.165) is 32.9 Å². The molecule has 1 unspecified atom stereocenters. The number of nitrogens with one attached hydrogen (secondary N) is 3. The molecule has 2 aromatic heterocycles. The Morgan fingerprint density at radius 1 is 1.10 bits per heavy atom. The zero-order valence-electron chi connectivity index (χ0n) is 22.0. The third-order valence-corrected chi connectivity index (χ3v) is 7.55. The van der Waals surface area contributed by atoms with Crippen LogP contribution in [0.4, 0.5) is 10.3 Å². The first kappa shape index (κ1) is 27.0. The van der Waals surface area contributed by atoms with Crippen molar-refractivity contribution < 1.29 is 19.1 Å². The van der Waals surface area contributed by atoms with E-state index in [0.29, 0.717) is 35.6 Å². The van der Waals surface area contributed by atoms with Crippen molar-refractivity contribution in [2.24, 2.45) is 0 Å². The van der Waals surface area contributed by atoms with Crippen LogP contribution in [0.5, 0.6) is 0 Å². The van der Waals surface area contributed by atoms with E-state index in [1.165, 1.54) is 23.5 Å². The van der Waals surface area contributed by atoms with Gasteiger partial charge in [-0.05, 0) is 54.3 Å². The molecule has 8 nitrogen and oxygen atoms in total. The van der Waals surface area contributed by atoms with E-state index in [-0.39, 0.29) is 6.42 Å². The summed E-state index contributed by atoms with van der Waals surface area (Å²) < 4.78 is 13.8. The molecule has 0 saturated heterocycles. The molecule has 5 aromatic rings. The summed E-state index contributed by atoms with van der Waals surface area (Å²) in [5.74, 6) is -1.40. The quantitative estimate of drug-likeness (QED) is 0.174. The molecule has 0 saturated carbocycles. The van der Waals surface area contributed by atoms with Crippen molar-refractivity contribution in [3.8, 4) is 10.6 Å². The molecule has 1 amide bonds. The Hall–Kier alpha value is -4.57. The molecule has 3 aromatic carbocycles. The largest absolute Gasteiger partial charge is 0.480 e. The van der Waals surface area contributed by atoms with Crippen molar-refractivity contribution >= 4 is 40.2 Å². The Morgan fingerprint density at radius 2 is 1.88 bits per heavy atom. The van der Waals surface area contributed by atoms with Crippen LogP contribution in [0.2, 0.25) is 0 Å². The van der Waals surface area contributed by atoms with Crippen molar-refractivity contribution in [3.05, 3.63) is 99.8 Å². The number of carboxylic acids is 1. The second kappa shape index (κ2) is 11.7. The molecule has 0 spiro atoms. The van der Waals surface area contributed by atoms with Gasteiger partial charge in [0.05, 0.1) is 23.3 Å². The number of fused-ring (bicyclic) bond motifs is 1. The molecule has 0 aliphatic carbocycles. The molecule has 1 atom stereocenters. The number of carboxylic acid groups (broad SMARTS) is 1. The van der Waals surface area contributed by atoms with Gasteiger partial charge in [0, 0.05) is 22.9 Å². The van der Waals surface area contributed by atoms with Crippen LogP contribution >= 0.6 is 11.3 Å². The standard InChI is InChI=1S/C30H28FN5O3S/c1-3-19-14-21(31)12-17(2)26(19)27(37)34-25(29(38)39)13-18-8-10-20(11-9-18)28-33-22(16-40-28)15-32-30-35-23-6-4-5-7-24(23)36-30/h4-12,14,16,25H,3,13,15H2,1-2H3,(H,34,37)(H,38,39)(H2,32,35,36). The van der Waals surface area contributed by atoms with Gasteiger partial charge in [-0.3, -0.25) is 4.79 Å². The summed E-state index contributed by atoms with van der Waals surface area (Å²) in [7, 11) is 0. The summed E-state index contributed by atoms with van der Waals surface area (Å²) in [5, 5.41) is 18.5. The molecule has 0 bridgehead atoms. The van der Waals surface area contributed by atoms with Gasteiger partial charge in [-0.1, -0.05) is 43.3 Å². The number of benzene rings is 3. The van der Waals surface area contributed by atoms with Crippen LogP contribution in [0, 0.1) is 12.7 Å². The number of carbonyl (C=O) groups is 2. The van der Waals surface area contributed by atoms with E-state index >= 15 is 0 Å². The minimum atomic E-state index is -1.14. The highest BCUT2D eigenvalue weighted by Gasteiger charge is 2.24. The number of aromatic nitrogens is 3. The van der Waals surface area contributed by atoms with Crippen LogP contribution in [0.1, 0.15) is 39.7 Å². The fraction of sp³-hybridized carbons (Fsp3) is 0.200. The normalized spacial score (nSPS) is 11.9. The number of aryl methyl sites for hydroxylation is 2. The lowest BCUT2D eigenvalue weighted by atomic mass is 9.98. The Labute approximate surface area is 234 Å². The molecule has 2 heterocycles. The molecule has 0 aliphatic rings. The molecule has 0 radical (unpaired) electrons. The van der Waals surface area contributed by atoms with Crippen LogP contribution < -0.4 is 10.6 Å². The van der Waals surface area contributed by atoms with Crippen molar-refractivity contribution in [1.82, 2.24) is 20.3 Å². The number of hydrogen-bond acceptors (Lipinski definition) is 6. The smallest absolute Gasteiger partial charge is 0.326 e.